The predicted octanol–water partition coefficient (Wildman–Crippen LogP) is 1.15. The van der Waals surface area contributed by atoms with Crippen LogP contribution in [0.25, 0.3) is 0 Å². The van der Waals surface area contributed by atoms with Gasteiger partial charge >= 0.3 is 6.18 Å². The monoisotopic (exact) mass is 270 g/mol. The minimum atomic E-state index is -4.39. The first-order valence-corrected chi connectivity index (χ1v) is 5.83. The molecule has 1 saturated carbocycles. The van der Waals surface area contributed by atoms with Crippen LogP contribution in [0, 0.1) is 11.8 Å². The molecule has 0 bridgehead atoms. The van der Waals surface area contributed by atoms with Crippen molar-refractivity contribution in [3.05, 3.63) is 0 Å². The van der Waals surface area contributed by atoms with E-state index in [9.17, 15) is 13.2 Å². The standard InChI is InChI=1S/C10H17F3N2OS/c1-15(4-6-2-7(16)3-6)5-8(9(14)17)10(11,12)13/h6-8,16H,2-5H2,1H3,(H2,14,17). The Hall–Kier alpha value is -0.400. The van der Waals surface area contributed by atoms with Gasteiger partial charge < -0.3 is 15.7 Å². The van der Waals surface area contributed by atoms with Crippen LogP contribution in [0.15, 0.2) is 0 Å². The van der Waals surface area contributed by atoms with Crippen LogP contribution in [0.2, 0.25) is 0 Å². The average Bonchev–Trinajstić information content (AvgIpc) is 2.09. The molecule has 1 aliphatic carbocycles. The summed E-state index contributed by atoms with van der Waals surface area (Å²) in [5.74, 6) is -1.48. The lowest BCUT2D eigenvalue weighted by molar-refractivity contribution is -0.159. The molecule has 100 valence electrons. The fraction of sp³-hybridized carbons (Fsp3) is 0.900. The summed E-state index contributed by atoms with van der Waals surface area (Å²) in [4.78, 5) is 1.06. The van der Waals surface area contributed by atoms with E-state index >= 15 is 0 Å². The third kappa shape index (κ3) is 4.40. The van der Waals surface area contributed by atoms with Crippen molar-refractivity contribution >= 4 is 17.2 Å². The van der Waals surface area contributed by atoms with Crippen molar-refractivity contribution < 1.29 is 18.3 Å². The maximum atomic E-state index is 12.6. The number of hydrogen-bond donors (Lipinski definition) is 2. The molecule has 17 heavy (non-hydrogen) atoms. The Morgan fingerprint density at radius 2 is 2.06 bits per heavy atom. The molecular formula is C10H17F3N2OS. The number of aliphatic hydroxyl groups excluding tert-OH is 1. The molecular weight excluding hydrogens is 253 g/mol. The van der Waals surface area contributed by atoms with E-state index in [-0.39, 0.29) is 18.6 Å². The van der Waals surface area contributed by atoms with Gasteiger partial charge in [-0.1, -0.05) is 12.2 Å². The number of thiocarbonyl (C=S) groups is 1. The topological polar surface area (TPSA) is 49.5 Å². The van der Waals surface area contributed by atoms with Crippen molar-refractivity contribution in [3.8, 4) is 0 Å². The van der Waals surface area contributed by atoms with Gasteiger partial charge in [0.1, 0.15) is 5.92 Å². The van der Waals surface area contributed by atoms with E-state index in [1.54, 1.807) is 11.9 Å². The summed E-state index contributed by atoms with van der Waals surface area (Å²) in [5, 5.41) is 9.09. The number of halogens is 3. The van der Waals surface area contributed by atoms with Crippen molar-refractivity contribution in [1.82, 2.24) is 4.90 Å². The second-order valence-electron chi connectivity index (χ2n) is 4.71. The molecule has 0 heterocycles. The number of hydrogen-bond acceptors (Lipinski definition) is 3. The third-order valence-corrected chi connectivity index (χ3v) is 3.30. The van der Waals surface area contributed by atoms with Crippen LogP contribution in [-0.4, -0.2) is 47.4 Å². The Morgan fingerprint density at radius 3 is 2.41 bits per heavy atom. The molecule has 3 nitrogen and oxygen atoms in total. The highest BCUT2D eigenvalue weighted by molar-refractivity contribution is 7.80. The van der Waals surface area contributed by atoms with E-state index in [0.717, 1.165) is 0 Å². The van der Waals surface area contributed by atoms with E-state index in [1.165, 1.54) is 0 Å². The van der Waals surface area contributed by atoms with E-state index in [4.69, 9.17) is 10.8 Å². The minimum absolute atomic E-state index is 0.217. The predicted molar refractivity (Wildman–Crippen MR) is 62.6 cm³/mol. The first-order valence-electron chi connectivity index (χ1n) is 5.42. The number of nitrogens with two attached hydrogens (primary N) is 1. The molecule has 0 aromatic heterocycles. The molecule has 7 heteroatoms. The minimum Gasteiger partial charge on any atom is -0.393 e. The molecule has 1 atom stereocenters. The van der Waals surface area contributed by atoms with Crippen molar-refractivity contribution in [3.63, 3.8) is 0 Å². The Balaban J connectivity index is 2.42. The van der Waals surface area contributed by atoms with Crippen LogP contribution >= 0.6 is 12.2 Å². The van der Waals surface area contributed by atoms with Gasteiger partial charge in [0.05, 0.1) is 11.1 Å². The van der Waals surface area contributed by atoms with Crippen LogP contribution in [0.1, 0.15) is 12.8 Å². The Bertz CT molecular complexity index is 279. The van der Waals surface area contributed by atoms with Crippen LogP contribution in [0.3, 0.4) is 0 Å². The fourth-order valence-electron chi connectivity index (χ4n) is 2.03. The summed E-state index contributed by atoms with van der Waals surface area (Å²) in [6.07, 6.45) is -3.36. The van der Waals surface area contributed by atoms with Gasteiger partial charge in [-0.25, -0.2) is 0 Å². The summed E-state index contributed by atoms with van der Waals surface area (Å²) >= 11 is 4.45. The van der Waals surface area contributed by atoms with E-state index in [0.29, 0.717) is 19.4 Å². The summed E-state index contributed by atoms with van der Waals surface area (Å²) in [6.45, 7) is 0.317. The molecule has 0 radical (unpaired) electrons. The molecule has 0 aromatic carbocycles. The molecule has 1 rings (SSSR count). The van der Waals surface area contributed by atoms with Gasteiger partial charge in [0.15, 0.2) is 0 Å². The zero-order valence-electron chi connectivity index (χ0n) is 9.57. The largest absolute Gasteiger partial charge is 0.399 e. The number of alkyl halides is 3. The quantitative estimate of drug-likeness (QED) is 0.736. The van der Waals surface area contributed by atoms with Gasteiger partial charge in [0.2, 0.25) is 0 Å². The fourth-order valence-corrected chi connectivity index (χ4v) is 2.24. The highest BCUT2D eigenvalue weighted by atomic mass is 32.1. The molecule has 1 aliphatic rings. The Kier molecular flexibility index (Phi) is 4.74. The molecule has 1 unspecified atom stereocenters. The number of rotatable bonds is 5. The third-order valence-electron chi connectivity index (χ3n) is 3.01. The van der Waals surface area contributed by atoms with E-state index in [2.05, 4.69) is 12.2 Å². The highest BCUT2D eigenvalue weighted by Gasteiger charge is 2.42. The van der Waals surface area contributed by atoms with Crippen LogP contribution < -0.4 is 5.73 Å². The normalized spacial score (nSPS) is 26.7. The van der Waals surface area contributed by atoms with Crippen molar-refractivity contribution in [2.45, 2.75) is 25.1 Å². The summed E-state index contributed by atoms with van der Waals surface area (Å²) in [5.41, 5.74) is 5.12. The summed E-state index contributed by atoms with van der Waals surface area (Å²) in [7, 11) is 1.61. The molecule has 0 saturated heterocycles. The maximum absolute atomic E-state index is 12.6. The molecule has 0 aromatic rings. The Labute approximate surface area is 104 Å². The molecule has 0 aliphatic heterocycles. The molecule has 0 spiro atoms. The van der Waals surface area contributed by atoms with Gasteiger partial charge in [-0.05, 0) is 25.8 Å². The lowest BCUT2D eigenvalue weighted by Gasteiger charge is -2.35. The highest BCUT2D eigenvalue weighted by Crippen LogP contribution is 2.30. The van der Waals surface area contributed by atoms with Gasteiger partial charge in [0.25, 0.3) is 0 Å². The van der Waals surface area contributed by atoms with Gasteiger partial charge in [0, 0.05) is 13.1 Å². The van der Waals surface area contributed by atoms with Crippen molar-refractivity contribution in [1.29, 1.82) is 0 Å². The lowest BCUT2D eigenvalue weighted by Crippen LogP contribution is -2.45. The first-order chi connectivity index (χ1) is 7.70. The van der Waals surface area contributed by atoms with Crippen LogP contribution in [0.4, 0.5) is 13.2 Å². The smallest absolute Gasteiger partial charge is 0.393 e. The van der Waals surface area contributed by atoms with Crippen LogP contribution in [0.5, 0.6) is 0 Å². The van der Waals surface area contributed by atoms with Gasteiger partial charge in [-0.3, -0.25) is 0 Å². The number of aliphatic hydroxyl groups is 1. The van der Waals surface area contributed by atoms with E-state index < -0.39 is 17.1 Å². The van der Waals surface area contributed by atoms with Gasteiger partial charge in [-0.15, -0.1) is 0 Å². The maximum Gasteiger partial charge on any atom is 0.399 e. The van der Waals surface area contributed by atoms with Crippen LogP contribution in [-0.2, 0) is 0 Å². The summed E-state index contributed by atoms with van der Waals surface area (Å²) in [6, 6.07) is 0. The second kappa shape index (κ2) is 5.49. The van der Waals surface area contributed by atoms with Gasteiger partial charge in [-0.2, -0.15) is 13.2 Å². The van der Waals surface area contributed by atoms with Crippen molar-refractivity contribution in [2.24, 2.45) is 17.6 Å². The average molecular weight is 270 g/mol. The first kappa shape index (κ1) is 14.7. The molecule has 3 N–H and O–H groups in total. The SMILES string of the molecule is CN(CC1CC(O)C1)CC(C(N)=S)C(F)(F)F. The zero-order valence-corrected chi connectivity index (χ0v) is 10.4. The number of nitrogens with zero attached hydrogens (tertiary/aromatic N) is 1. The molecule has 1 fully saturated rings. The lowest BCUT2D eigenvalue weighted by atomic mass is 9.82. The Morgan fingerprint density at radius 1 is 1.53 bits per heavy atom. The van der Waals surface area contributed by atoms with Crippen molar-refractivity contribution in [2.75, 3.05) is 20.1 Å². The second-order valence-corrected chi connectivity index (χ2v) is 5.18. The summed E-state index contributed by atoms with van der Waals surface area (Å²) < 4.78 is 37.8. The van der Waals surface area contributed by atoms with E-state index in [1.807, 2.05) is 0 Å². The zero-order chi connectivity index (χ0) is 13.2. The molecule has 0 amide bonds.